The van der Waals surface area contributed by atoms with Gasteiger partial charge in [0.25, 0.3) is 0 Å². The summed E-state index contributed by atoms with van der Waals surface area (Å²) in [7, 11) is 0. The van der Waals surface area contributed by atoms with Gasteiger partial charge in [-0.3, -0.25) is 4.79 Å². The Hall–Kier alpha value is -2.77. The molecule has 0 spiro atoms. The van der Waals surface area contributed by atoms with Crippen molar-refractivity contribution in [3.63, 3.8) is 0 Å². The molecule has 1 aromatic heterocycles. The molecule has 0 bridgehead atoms. The topological polar surface area (TPSA) is 90.1 Å². The SMILES string of the molecule is Cc1ccc(NC(=O)CCn2nc([N+](=O)[O-])cc2C)cc1F. The number of hydrogen-bond acceptors (Lipinski definition) is 4. The number of nitrogens with one attached hydrogen (secondary N) is 1. The highest BCUT2D eigenvalue weighted by molar-refractivity contribution is 5.90. The van der Waals surface area contributed by atoms with Gasteiger partial charge in [0.05, 0.1) is 23.4 Å². The molecule has 1 heterocycles. The number of anilines is 1. The maximum atomic E-state index is 13.4. The Bertz CT molecular complexity index is 727. The molecule has 2 aromatic rings. The first kappa shape index (κ1) is 15.6. The Morgan fingerprint density at radius 2 is 2.14 bits per heavy atom. The Morgan fingerprint density at radius 1 is 1.41 bits per heavy atom. The Balaban J connectivity index is 1.95. The molecule has 0 atom stereocenters. The predicted molar refractivity (Wildman–Crippen MR) is 78.0 cm³/mol. The van der Waals surface area contributed by atoms with Crippen LogP contribution < -0.4 is 5.32 Å². The summed E-state index contributed by atoms with van der Waals surface area (Å²) in [5, 5.41) is 17.0. The first-order valence-corrected chi connectivity index (χ1v) is 6.61. The number of amides is 1. The van der Waals surface area contributed by atoms with E-state index >= 15 is 0 Å². The minimum absolute atomic E-state index is 0.0785. The fourth-order valence-electron chi connectivity index (χ4n) is 1.91. The van der Waals surface area contributed by atoms with Gasteiger partial charge in [0.2, 0.25) is 5.91 Å². The van der Waals surface area contributed by atoms with E-state index in [0.29, 0.717) is 16.9 Å². The van der Waals surface area contributed by atoms with Crippen LogP contribution in [0.2, 0.25) is 0 Å². The summed E-state index contributed by atoms with van der Waals surface area (Å²) in [4.78, 5) is 21.9. The molecular formula is C14H15FN4O3. The normalized spacial score (nSPS) is 10.5. The number of hydrogen-bond donors (Lipinski definition) is 1. The zero-order valence-electron chi connectivity index (χ0n) is 12.2. The molecule has 0 fully saturated rings. The van der Waals surface area contributed by atoms with Crippen molar-refractivity contribution in [2.75, 3.05) is 5.32 Å². The summed E-state index contributed by atoms with van der Waals surface area (Å²) >= 11 is 0. The van der Waals surface area contributed by atoms with Crippen LogP contribution in [0.4, 0.5) is 15.9 Å². The van der Waals surface area contributed by atoms with Crippen molar-refractivity contribution in [1.29, 1.82) is 0 Å². The molecule has 1 N–H and O–H groups in total. The molecule has 0 aliphatic rings. The minimum atomic E-state index is -0.585. The molecular weight excluding hydrogens is 291 g/mol. The number of carbonyl (C=O) groups excluding carboxylic acids is 1. The van der Waals surface area contributed by atoms with Crippen LogP contribution in [0.5, 0.6) is 0 Å². The summed E-state index contributed by atoms with van der Waals surface area (Å²) < 4.78 is 14.8. The molecule has 0 aliphatic heterocycles. The van der Waals surface area contributed by atoms with Crippen LogP contribution in [0, 0.1) is 29.8 Å². The molecule has 7 nitrogen and oxygen atoms in total. The molecule has 0 saturated heterocycles. The van der Waals surface area contributed by atoms with Crippen molar-refractivity contribution in [3.05, 3.63) is 51.5 Å². The average Bonchev–Trinajstić information content (AvgIpc) is 2.82. The number of nitro groups is 1. The van der Waals surface area contributed by atoms with Crippen molar-refractivity contribution in [2.45, 2.75) is 26.8 Å². The predicted octanol–water partition coefficient (Wildman–Crippen LogP) is 2.58. The summed E-state index contributed by atoms with van der Waals surface area (Å²) in [6.07, 6.45) is 0.0785. The Morgan fingerprint density at radius 3 is 2.73 bits per heavy atom. The van der Waals surface area contributed by atoms with E-state index in [2.05, 4.69) is 10.4 Å². The van der Waals surface area contributed by atoms with Gasteiger partial charge in [-0.05, 0) is 36.5 Å². The monoisotopic (exact) mass is 306 g/mol. The lowest BCUT2D eigenvalue weighted by atomic mass is 10.2. The van der Waals surface area contributed by atoms with E-state index in [9.17, 15) is 19.3 Å². The van der Waals surface area contributed by atoms with Crippen LogP contribution in [0.1, 0.15) is 17.7 Å². The van der Waals surface area contributed by atoms with E-state index in [4.69, 9.17) is 0 Å². The lowest BCUT2D eigenvalue weighted by Gasteiger charge is -2.06. The quantitative estimate of drug-likeness (QED) is 0.679. The van der Waals surface area contributed by atoms with Crippen molar-refractivity contribution in [3.8, 4) is 0 Å². The molecule has 8 heteroatoms. The van der Waals surface area contributed by atoms with Gasteiger partial charge in [-0.1, -0.05) is 6.07 Å². The smallest absolute Gasteiger partial charge is 0.358 e. The van der Waals surface area contributed by atoms with Crippen molar-refractivity contribution in [2.24, 2.45) is 0 Å². The third-order valence-electron chi connectivity index (χ3n) is 3.16. The lowest BCUT2D eigenvalue weighted by Crippen LogP contribution is -2.15. The molecule has 0 saturated carbocycles. The summed E-state index contributed by atoms with van der Waals surface area (Å²) in [6, 6.07) is 5.77. The van der Waals surface area contributed by atoms with E-state index in [0.717, 1.165) is 0 Å². The number of aryl methyl sites for hydroxylation is 3. The first-order chi connectivity index (χ1) is 10.4. The van der Waals surface area contributed by atoms with E-state index < -0.39 is 10.7 Å². The lowest BCUT2D eigenvalue weighted by molar-refractivity contribution is -0.389. The van der Waals surface area contributed by atoms with Gasteiger partial charge in [-0.2, -0.15) is 4.68 Å². The zero-order chi connectivity index (χ0) is 16.3. The van der Waals surface area contributed by atoms with Crippen LogP contribution in [0.25, 0.3) is 0 Å². The maximum absolute atomic E-state index is 13.4. The van der Waals surface area contributed by atoms with Crippen molar-refractivity contribution >= 4 is 17.4 Å². The second kappa shape index (κ2) is 6.33. The van der Waals surface area contributed by atoms with E-state index in [-0.39, 0.29) is 24.7 Å². The van der Waals surface area contributed by atoms with Gasteiger partial charge in [0.1, 0.15) is 5.82 Å². The highest BCUT2D eigenvalue weighted by atomic mass is 19.1. The van der Waals surface area contributed by atoms with Crippen molar-refractivity contribution < 1.29 is 14.1 Å². The molecule has 0 unspecified atom stereocenters. The number of halogens is 1. The second-order valence-electron chi connectivity index (χ2n) is 4.89. The van der Waals surface area contributed by atoms with E-state index in [1.807, 2.05) is 0 Å². The molecule has 116 valence electrons. The second-order valence-corrected chi connectivity index (χ2v) is 4.89. The van der Waals surface area contributed by atoms with Gasteiger partial charge in [0.15, 0.2) is 0 Å². The number of nitrogens with zero attached hydrogens (tertiary/aromatic N) is 3. The zero-order valence-corrected chi connectivity index (χ0v) is 12.2. The summed E-state index contributed by atoms with van der Waals surface area (Å²) in [6.45, 7) is 3.52. The van der Waals surface area contributed by atoms with Gasteiger partial charge in [-0.15, -0.1) is 0 Å². The first-order valence-electron chi connectivity index (χ1n) is 6.61. The van der Waals surface area contributed by atoms with Gasteiger partial charge in [-0.25, -0.2) is 4.39 Å². The van der Waals surface area contributed by atoms with Gasteiger partial charge >= 0.3 is 5.82 Å². The van der Waals surface area contributed by atoms with Crippen LogP contribution in [-0.4, -0.2) is 20.6 Å². The van der Waals surface area contributed by atoms with E-state index in [1.165, 1.54) is 16.8 Å². The van der Waals surface area contributed by atoms with Crippen LogP contribution in [0.3, 0.4) is 0 Å². The van der Waals surface area contributed by atoms with Crippen LogP contribution >= 0.6 is 0 Å². The van der Waals surface area contributed by atoms with Gasteiger partial charge in [0, 0.05) is 12.1 Å². The van der Waals surface area contributed by atoms with Crippen molar-refractivity contribution in [1.82, 2.24) is 9.78 Å². The standard InChI is InChI=1S/C14H15FN4O3/c1-9-3-4-11(8-12(9)15)16-14(20)5-6-18-10(2)7-13(17-18)19(21)22/h3-4,7-8H,5-6H2,1-2H3,(H,16,20). The largest absolute Gasteiger partial charge is 0.390 e. The Labute approximate surface area is 125 Å². The molecule has 2 rings (SSSR count). The molecule has 1 aromatic carbocycles. The summed E-state index contributed by atoms with van der Waals surface area (Å²) in [5.74, 6) is -0.962. The highest BCUT2D eigenvalue weighted by Crippen LogP contribution is 2.14. The fourth-order valence-corrected chi connectivity index (χ4v) is 1.91. The van der Waals surface area contributed by atoms with Gasteiger partial charge < -0.3 is 15.4 Å². The summed E-state index contributed by atoms with van der Waals surface area (Å²) in [5.41, 5.74) is 1.47. The maximum Gasteiger partial charge on any atom is 0.390 e. The van der Waals surface area contributed by atoms with E-state index in [1.54, 1.807) is 26.0 Å². The molecule has 0 radical (unpaired) electrons. The molecule has 0 aliphatic carbocycles. The van der Waals surface area contributed by atoms with Crippen LogP contribution in [0.15, 0.2) is 24.3 Å². The molecule has 1 amide bonds. The highest BCUT2D eigenvalue weighted by Gasteiger charge is 2.16. The third kappa shape index (κ3) is 3.66. The minimum Gasteiger partial charge on any atom is -0.358 e. The molecule has 22 heavy (non-hydrogen) atoms. The number of carbonyl (C=O) groups is 1. The number of benzene rings is 1. The Kier molecular flexibility index (Phi) is 4.50. The number of rotatable bonds is 5. The third-order valence-corrected chi connectivity index (χ3v) is 3.16. The fraction of sp³-hybridized carbons (Fsp3) is 0.286. The van der Waals surface area contributed by atoms with Crippen LogP contribution in [-0.2, 0) is 11.3 Å². The number of aromatic nitrogens is 2. The average molecular weight is 306 g/mol.